The van der Waals surface area contributed by atoms with Gasteiger partial charge < -0.3 is 4.74 Å². The van der Waals surface area contributed by atoms with Crippen LogP contribution < -0.4 is 0 Å². The first kappa shape index (κ1) is 11.8. The molecule has 0 amide bonds. The molecule has 12 heavy (non-hydrogen) atoms. The lowest BCUT2D eigenvalue weighted by atomic mass is 10.9. The predicted molar refractivity (Wildman–Crippen MR) is 58.0 cm³/mol. The molecule has 72 valence electrons. The van der Waals surface area contributed by atoms with Gasteiger partial charge in [0.25, 0.3) is 0 Å². The second-order valence-electron chi connectivity index (χ2n) is 3.18. The van der Waals surface area contributed by atoms with Crippen LogP contribution in [0, 0.1) is 0 Å². The monoisotopic (exact) mass is 186 g/mol. The Labute approximate surface area is 77.8 Å². The van der Waals surface area contributed by atoms with Crippen LogP contribution in [-0.4, -0.2) is 14.7 Å². The summed E-state index contributed by atoms with van der Waals surface area (Å²) in [5.74, 6) is 0. The third kappa shape index (κ3) is 3.44. The lowest BCUT2D eigenvalue weighted by molar-refractivity contribution is 0.269. The summed E-state index contributed by atoms with van der Waals surface area (Å²) in [4.78, 5) is 0. The van der Waals surface area contributed by atoms with Gasteiger partial charge in [-0.05, 0) is 6.92 Å². The highest BCUT2D eigenvalue weighted by atomic mass is 28.3. The van der Waals surface area contributed by atoms with Gasteiger partial charge in [0, 0.05) is 0 Å². The second kappa shape index (κ2) is 6.29. The fraction of sp³-hybridized carbons (Fsp3) is 0.800. The molecule has 0 aromatic heterocycles. The Bertz CT molecular complexity index is 120. The molecule has 0 aliphatic rings. The van der Waals surface area contributed by atoms with Crippen molar-refractivity contribution in [3.63, 3.8) is 0 Å². The Hall–Kier alpha value is -0.243. The summed E-state index contributed by atoms with van der Waals surface area (Å²) in [6.07, 6.45) is 1.92. The Kier molecular flexibility index (Phi) is 6.16. The minimum absolute atomic E-state index is 0.790. The Morgan fingerprint density at radius 2 is 1.50 bits per heavy atom. The SMILES string of the molecule is CCO/C=C/[Si](CC)(CC)CC. The Balaban J connectivity index is 4.09. The van der Waals surface area contributed by atoms with Gasteiger partial charge in [-0.2, -0.15) is 0 Å². The van der Waals surface area contributed by atoms with Crippen LogP contribution in [0.5, 0.6) is 0 Å². The number of hydrogen-bond donors (Lipinski definition) is 0. The first-order valence-electron chi connectivity index (χ1n) is 5.04. The van der Waals surface area contributed by atoms with E-state index in [2.05, 4.69) is 26.5 Å². The summed E-state index contributed by atoms with van der Waals surface area (Å²) < 4.78 is 5.25. The molecule has 0 fully saturated rings. The van der Waals surface area contributed by atoms with Gasteiger partial charge in [-0.25, -0.2) is 0 Å². The molecule has 0 saturated heterocycles. The van der Waals surface area contributed by atoms with E-state index in [1.807, 2.05) is 13.2 Å². The first-order valence-corrected chi connectivity index (χ1v) is 7.73. The maximum atomic E-state index is 5.25. The van der Waals surface area contributed by atoms with E-state index in [4.69, 9.17) is 4.74 Å². The Morgan fingerprint density at radius 3 is 1.83 bits per heavy atom. The zero-order valence-corrected chi connectivity index (χ0v) is 9.89. The van der Waals surface area contributed by atoms with Crippen molar-refractivity contribution < 1.29 is 4.74 Å². The van der Waals surface area contributed by atoms with Crippen molar-refractivity contribution in [2.45, 2.75) is 45.8 Å². The van der Waals surface area contributed by atoms with Crippen LogP contribution in [0.4, 0.5) is 0 Å². The maximum absolute atomic E-state index is 5.25. The van der Waals surface area contributed by atoms with Gasteiger partial charge in [-0.3, -0.25) is 0 Å². The minimum atomic E-state index is -1.06. The van der Waals surface area contributed by atoms with E-state index in [0.717, 1.165) is 6.61 Å². The van der Waals surface area contributed by atoms with Gasteiger partial charge >= 0.3 is 0 Å². The third-order valence-corrected chi connectivity index (χ3v) is 7.86. The predicted octanol–water partition coefficient (Wildman–Crippen LogP) is 3.58. The highest BCUT2D eigenvalue weighted by Crippen LogP contribution is 2.21. The average Bonchev–Trinajstić information content (AvgIpc) is 2.14. The number of ether oxygens (including phenoxy) is 1. The van der Waals surface area contributed by atoms with Crippen molar-refractivity contribution >= 4 is 8.07 Å². The fourth-order valence-electron chi connectivity index (χ4n) is 1.39. The molecule has 0 rings (SSSR count). The summed E-state index contributed by atoms with van der Waals surface area (Å²) >= 11 is 0. The molecule has 0 heterocycles. The van der Waals surface area contributed by atoms with Crippen molar-refractivity contribution in [3.8, 4) is 0 Å². The first-order chi connectivity index (χ1) is 5.74. The van der Waals surface area contributed by atoms with Crippen LogP contribution in [0.25, 0.3) is 0 Å². The van der Waals surface area contributed by atoms with E-state index in [1.165, 1.54) is 18.1 Å². The van der Waals surface area contributed by atoms with Crippen molar-refractivity contribution in [1.82, 2.24) is 0 Å². The van der Waals surface area contributed by atoms with Crippen LogP contribution in [0.3, 0.4) is 0 Å². The quantitative estimate of drug-likeness (QED) is 0.455. The molecule has 0 radical (unpaired) electrons. The normalized spacial score (nSPS) is 12.3. The van der Waals surface area contributed by atoms with Crippen LogP contribution >= 0.6 is 0 Å². The van der Waals surface area contributed by atoms with E-state index >= 15 is 0 Å². The minimum Gasteiger partial charge on any atom is -0.502 e. The largest absolute Gasteiger partial charge is 0.502 e. The highest BCUT2D eigenvalue weighted by Gasteiger charge is 2.22. The molecular weight excluding hydrogens is 164 g/mol. The van der Waals surface area contributed by atoms with Gasteiger partial charge in [0.2, 0.25) is 0 Å². The van der Waals surface area contributed by atoms with Gasteiger partial charge in [0.05, 0.1) is 20.9 Å². The molecule has 0 aromatic carbocycles. The molecule has 0 aliphatic carbocycles. The molecule has 0 aliphatic heterocycles. The van der Waals surface area contributed by atoms with Crippen LogP contribution in [0.2, 0.25) is 18.1 Å². The number of hydrogen-bond acceptors (Lipinski definition) is 1. The van der Waals surface area contributed by atoms with Crippen LogP contribution in [0.15, 0.2) is 12.0 Å². The summed E-state index contributed by atoms with van der Waals surface area (Å²) in [5, 5.41) is 0. The molecule has 0 spiro atoms. The molecular formula is C10H22OSi. The van der Waals surface area contributed by atoms with Crippen LogP contribution in [0.1, 0.15) is 27.7 Å². The molecule has 0 bridgehead atoms. The fourth-order valence-corrected chi connectivity index (χ4v) is 3.98. The number of rotatable bonds is 6. The lowest BCUT2D eigenvalue weighted by Gasteiger charge is -2.22. The summed E-state index contributed by atoms with van der Waals surface area (Å²) in [6, 6.07) is 4.01. The molecule has 0 unspecified atom stereocenters. The topological polar surface area (TPSA) is 9.23 Å². The van der Waals surface area contributed by atoms with Gasteiger partial charge in [-0.1, -0.05) is 44.6 Å². The highest BCUT2D eigenvalue weighted by molar-refractivity contribution is 6.84. The summed E-state index contributed by atoms with van der Waals surface area (Å²) in [6.45, 7) is 9.72. The summed E-state index contributed by atoms with van der Waals surface area (Å²) in [7, 11) is -1.06. The maximum Gasteiger partial charge on any atom is 0.0844 e. The molecule has 2 heteroatoms. The van der Waals surface area contributed by atoms with Crippen molar-refractivity contribution in [1.29, 1.82) is 0 Å². The van der Waals surface area contributed by atoms with E-state index in [0.29, 0.717) is 0 Å². The standard InChI is InChI=1S/C10H22OSi/c1-5-11-9-10-12(6-2,7-3)8-4/h9-10H,5-8H2,1-4H3/b10-9+. The Morgan fingerprint density at radius 1 is 1.00 bits per heavy atom. The lowest BCUT2D eigenvalue weighted by Crippen LogP contribution is -2.28. The second-order valence-corrected chi connectivity index (χ2v) is 8.36. The van der Waals surface area contributed by atoms with E-state index < -0.39 is 8.07 Å². The van der Waals surface area contributed by atoms with E-state index in [9.17, 15) is 0 Å². The van der Waals surface area contributed by atoms with E-state index in [-0.39, 0.29) is 0 Å². The van der Waals surface area contributed by atoms with Crippen LogP contribution in [-0.2, 0) is 4.74 Å². The van der Waals surface area contributed by atoms with Gasteiger partial charge in [-0.15, -0.1) is 0 Å². The van der Waals surface area contributed by atoms with E-state index in [1.54, 1.807) is 0 Å². The molecule has 0 atom stereocenters. The van der Waals surface area contributed by atoms with Crippen molar-refractivity contribution in [3.05, 3.63) is 12.0 Å². The zero-order valence-electron chi connectivity index (χ0n) is 8.89. The molecule has 1 nitrogen and oxygen atoms in total. The molecule has 0 saturated carbocycles. The van der Waals surface area contributed by atoms with Crippen molar-refractivity contribution in [2.24, 2.45) is 0 Å². The molecule has 0 aromatic rings. The van der Waals surface area contributed by atoms with Gasteiger partial charge in [0.15, 0.2) is 0 Å². The van der Waals surface area contributed by atoms with Gasteiger partial charge in [0.1, 0.15) is 0 Å². The zero-order chi connectivity index (χ0) is 9.45. The average molecular weight is 186 g/mol. The summed E-state index contributed by atoms with van der Waals surface area (Å²) in [5.41, 5.74) is 2.36. The van der Waals surface area contributed by atoms with Crippen molar-refractivity contribution in [2.75, 3.05) is 6.61 Å². The smallest absolute Gasteiger partial charge is 0.0844 e. The molecule has 0 N–H and O–H groups in total. The third-order valence-electron chi connectivity index (χ3n) is 2.80.